The highest BCUT2D eigenvalue weighted by Gasteiger charge is 2.13. The number of hydrogen-bond acceptors (Lipinski definition) is 4. The molecule has 0 spiro atoms. The highest BCUT2D eigenvalue weighted by molar-refractivity contribution is 5.69. The fourth-order valence-corrected chi connectivity index (χ4v) is 4.87. The highest BCUT2D eigenvalue weighted by Crippen LogP contribution is 2.13. The maximum atomic E-state index is 12.1. The van der Waals surface area contributed by atoms with Gasteiger partial charge in [-0.15, -0.1) is 0 Å². The minimum Gasteiger partial charge on any atom is -0.457 e. The third kappa shape index (κ3) is 33.0. The van der Waals surface area contributed by atoms with Gasteiger partial charge in [-0.2, -0.15) is 0 Å². The molecule has 41 heavy (non-hydrogen) atoms. The molecule has 1 N–H and O–H groups in total. The average molecular weight is 577 g/mol. The Morgan fingerprint density at radius 1 is 0.610 bits per heavy atom. The van der Waals surface area contributed by atoms with Crippen LogP contribution in [0.5, 0.6) is 0 Å². The zero-order chi connectivity index (χ0) is 29.9. The van der Waals surface area contributed by atoms with E-state index in [9.17, 15) is 9.90 Å². The summed E-state index contributed by atoms with van der Waals surface area (Å²) in [5.74, 6) is -0.211. The van der Waals surface area contributed by atoms with Crippen molar-refractivity contribution in [2.75, 3.05) is 19.8 Å². The summed E-state index contributed by atoms with van der Waals surface area (Å²) in [7, 11) is 0. The minimum absolute atomic E-state index is 0.174. The number of allylic oxidation sites excluding steroid dienone is 6. The summed E-state index contributed by atoms with van der Waals surface area (Å²) in [5, 5.41) is 9.53. The number of ether oxygens (including phenoxy) is 2. The smallest absolute Gasteiger partial charge is 0.306 e. The molecule has 0 rings (SSSR count). The molecule has 0 aromatic carbocycles. The summed E-state index contributed by atoms with van der Waals surface area (Å²) in [4.78, 5) is 12.1. The van der Waals surface area contributed by atoms with Gasteiger partial charge in [-0.3, -0.25) is 4.79 Å². The van der Waals surface area contributed by atoms with Crippen LogP contribution in [0.15, 0.2) is 36.5 Å². The van der Waals surface area contributed by atoms with Crippen LogP contribution in [0.2, 0.25) is 0 Å². The molecule has 0 aromatic rings. The molecule has 1 unspecified atom stereocenters. The first kappa shape index (κ1) is 39.6. The van der Waals surface area contributed by atoms with Crippen LogP contribution in [-0.2, 0) is 14.3 Å². The van der Waals surface area contributed by atoms with E-state index >= 15 is 0 Å². The number of carbonyl (C=O) groups excluding carboxylic acids is 1. The van der Waals surface area contributed by atoms with Crippen molar-refractivity contribution in [1.82, 2.24) is 0 Å². The van der Waals surface area contributed by atoms with E-state index in [0.717, 1.165) is 38.5 Å². The molecule has 0 fully saturated rings. The van der Waals surface area contributed by atoms with Gasteiger partial charge in [0.2, 0.25) is 0 Å². The van der Waals surface area contributed by atoms with Gasteiger partial charge in [-0.25, -0.2) is 0 Å². The van der Waals surface area contributed by atoms with Gasteiger partial charge in [0.1, 0.15) is 6.10 Å². The lowest BCUT2D eigenvalue weighted by Gasteiger charge is -2.16. The van der Waals surface area contributed by atoms with E-state index in [1.165, 1.54) is 109 Å². The highest BCUT2D eigenvalue weighted by atomic mass is 16.6. The summed E-state index contributed by atoms with van der Waals surface area (Å²) in [6.07, 6.45) is 41.7. The number of hydrogen-bond donors (Lipinski definition) is 1. The summed E-state index contributed by atoms with van der Waals surface area (Å²) < 4.78 is 11.1. The van der Waals surface area contributed by atoms with Gasteiger partial charge in [-0.05, 0) is 44.9 Å². The number of rotatable bonds is 32. The molecule has 0 aliphatic heterocycles. The number of carbonyl (C=O) groups is 1. The largest absolute Gasteiger partial charge is 0.457 e. The van der Waals surface area contributed by atoms with Crippen LogP contribution < -0.4 is 0 Å². The van der Waals surface area contributed by atoms with Gasteiger partial charge < -0.3 is 14.6 Å². The Morgan fingerprint density at radius 3 is 1.66 bits per heavy atom. The Hall–Kier alpha value is -1.39. The van der Waals surface area contributed by atoms with E-state index in [1.807, 2.05) is 0 Å². The van der Waals surface area contributed by atoms with Gasteiger partial charge in [-0.1, -0.05) is 153 Å². The predicted molar refractivity (Wildman–Crippen MR) is 177 cm³/mol. The lowest BCUT2D eigenvalue weighted by atomic mass is 10.1. The van der Waals surface area contributed by atoms with Crippen LogP contribution in [0.25, 0.3) is 0 Å². The van der Waals surface area contributed by atoms with Crippen LogP contribution in [0.3, 0.4) is 0 Å². The molecule has 4 nitrogen and oxygen atoms in total. The zero-order valence-electron chi connectivity index (χ0n) is 27.3. The lowest BCUT2D eigenvalue weighted by molar-refractivity contribution is -0.154. The van der Waals surface area contributed by atoms with Crippen molar-refractivity contribution >= 4 is 5.97 Å². The molecule has 0 heterocycles. The average Bonchev–Trinajstić information content (AvgIpc) is 2.98. The molecule has 4 heteroatoms. The maximum Gasteiger partial charge on any atom is 0.306 e. The van der Waals surface area contributed by atoms with Crippen LogP contribution in [0, 0.1) is 0 Å². The van der Waals surface area contributed by atoms with Crippen LogP contribution in [0.1, 0.15) is 168 Å². The molecule has 0 saturated heterocycles. The van der Waals surface area contributed by atoms with Gasteiger partial charge >= 0.3 is 5.97 Å². The van der Waals surface area contributed by atoms with Crippen molar-refractivity contribution in [2.45, 2.75) is 174 Å². The first-order valence-corrected chi connectivity index (χ1v) is 17.6. The molecule has 0 radical (unpaired) electrons. The van der Waals surface area contributed by atoms with Crippen molar-refractivity contribution in [3.8, 4) is 0 Å². The second-order valence-corrected chi connectivity index (χ2v) is 11.6. The molecule has 1 atom stereocenters. The molecule has 0 amide bonds. The van der Waals surface area contributed by atoms with Crippen LogP contribution in [-0.4, -0.2) is 37.0 Å². The third-order valence-corrected chi connectivity index (χ3v) is 7.48. The standard InChI is InChI=1S/C37H68O4/c1-3-5-7-9-11-13-15-17-18-19-20-21-22-24-26-28-30-32-37(39)41-36(34-38)35-40-33-31-29-27-25-23-16-14-12-10-8-6-4-2/h5,7,11,13,17-18,36,38H,3-4,6,8-10,12,14-16,19-35H2,1-2H3/b7-5-,13-11-,18-17-. The number of aliphatic hydroxyl groups excluding tert-OH is 1. The lowest BCUT2D eigenvalue weighted by Crippen LogP contribution is -2.27. The fraction of sp³-hybridized carbons (Fsp3) is 0.811. The molecule has 0 aliphatic carbocycles. The monoisotopic (exact) mass is 577 g/mol. The Balaban J connectivity index is 3.46. The number of unbranched alkanes of at least 4 members (excludes halogenated alkanes) is 18. The summed E-state index contributed by atoms with van der Waals surface area (Å²) in [5.41, 5.74) is 0. The van der Waals surface area contributed by atoms with Gasteiger partial charge in [0.15, 0.2) is 0 Å². The maximum absolute atomic E-state index is 12.1. The van der Waals surface area contributed by atoms with Crippen LogP contribution >= 0.6 is 0 Å². The van der Waals surface area contributed by atoms with Crippen molar-refractivity contribution in [2.24, 2.45) is 0 Å². The third-order valence-electron chi connectivity index (χ3n) is 7.48. The fourth-order valence-electron chi connectivity index (χ4n) is 4.87. The van der Waals surface area contributed by atoms with Crippen molar-refractivity contribution in [1.29, 1.82) is 0 Å². The Labute approximate surface area is 255 Å². The number of esters is 1. The van der Waals surface area contributed by atoms with E-state index in [2.05, 4.69) is 50.3 Å². The predicted octanol–water partition coefficient (Wildman–Crippen LogP) is 11.0. The molecule has 0 aromatic heterocycles. The van der Waals surface area contributed by atoms with E-state index in [4.69, 9.17) is 9.47 Å². The quantitative estimate of drug-likeness (QED) is 0.0491. The molecule has 240 valence electrons. The SMILES string of the molecule is CC/C=C\C/C=C\C/C=C\CCCCCCCCCC(=O)OC(CO)COCCCCCCCCCCCCCC. The van der Waals surface area contributed by atoms with E-state index in [-0.39, 0.29) is 12.6 Å². The van der Waals surface area contributed by atoms with Gasteiger partial charge in [0.05, 0.1) is 13.2 Å². The van der Waals surface area contributed by atoms with Crippen molar-refractivity contribution in [3.63, 3.8) is 0 Å². The minimum atomic E-state index is -0.534. The number of aliphatic hydroxyl groups is 1. The van der Waals surface area contributed by atoms with E-state index in [1.54, 1.807) is 0 Å². The molecule has 0 saturated carbocycles. The Bertz CT molecular complexity index is 610. The normalized spacial score (nSPS) is 12.8. The first-order valence-electron chi connectivity index (χ1n) is 17.6. The Kier molecular flexibility index (Phi) is 33.6. The van der Waals surface area contributed by atoms with E-state index in [0.29, 0.717) is 19.6 Å². The molecule has 0 bridgehead atoms. The zero-order valence-corrected chi connectivity index (χ0v) is 27.3. The summed E-state index contributed by atoms with van der Waals surface area (Å²) in [6.45, 7) is 5.23. The topological polar surface area (TPSA) is 55.8 Å². The second-order valence-electron chi connectivity index (χ2n) is 11.6. The summed E-state index contributed by atoms with van der Waals surface area (Å²) in [6, 6.07) is 0. The first-order chi connectivity index (χ1) is 20.2. The van der Waals surface area contributed by atoms with Crippen molar-refractivity contribution in [3.05, 3.63) is 36.5 Å². The Morgan fingerprint density at radius 2 is 1.10 bits per heavy atom. The van der Waals surface area contributed by atoms with Crippen LogP contribution in [0.4, 0.5) is 0 Å². The molecular formula is C37H68O4. The molecular weight excluding hydrogens is 508 g/mol. The summed E-state index contributed by atoms with van der Waals surface area (Å²) >= 11 is 0. The van der Waals surface area contributed by atoms with Crippen molar-refractivity contribution < 1.29 is 19.4 Å². The van der Waals surface area contributed by atoms with Gasteiger partial charge in [0.25, 0.3) is 0 Å². The van der Waals surface area contributed by atoms with E-state index < -0.39 is 6.10 Å². The van der Waals surface area contributed by atoms with Gasteiger partial charge in [0, 0.05) is 13.0 Å². The second kappa shape index (κ2) is 34.8. The molecule has 0 aliphatic rings.